The Balaban J connectivity index is 1.29. The first-order valence-corrected chi connectivity index (χ1v) is 13.0. The van der Waals surface area contributed by atoms with Gasteiger partial charge in [-0.25, -0.2) is 9.97 Å². The maximum Gasteiger partial charge on any atom is 0.259 e. The standard InChI is InChI=1S/C28H22ClN5O2S/c1-15-11-20(21-12-19(29)9-10-24(21)36-2)22(13-30-15)26(35)34-28-33-25-27(37-28)32-23(14-31-25)18-7-5-17(6-8-18)16-3-4-16/h5-14,16H,3-4H2,1-2H3,(H,31,33,34,35). The van der Waals surface area contributed by atoms with E-state index in [0.29, 0.717) is 49.0 Å². The van der Waals surface area contributed by atoms with Crippen molar-refractivity contribution in [3.8, 4) is 28.1 Å². The minimum absolute atomic E-state index is 0.348. The van der Waals surface area contributed by atoms with E-state index < -0.39 is 0 Å². The topological polar surface area (TPSA) is 89.9 Å². The minimum Gasteiger partial charge on any atom is -0.496 e. The number of halogens is 1. The first kappa shape index (κ1) is 23.5. The Hall–Kier alpha value is -3.88. The van der Waals surface area contributed by atoms with Gasteiger partial charge in [-0.3, -0.25) is 15.1 Å². The molecule has 0 unspecified atom stereocenters. The maximum absolute atomic E-state index is 13.4. The molecule has 5 aromatic rings. The molecule has 2 aromatic carbocycles. The number of aryl methyl sites for hydroxylation is 1. The van der Waals surface area contributed by atoms with E-state index >= 15 is 0 Å². The second-order valence-corrected chi connectivity index (χ2v) is 10.4. The highest BCUT2D eigenvalue weighted by atomic mass is 35.5. The number of aromatic nitrogens is 4. The summed E-state index contributed by atoms with van der Waals surface area (Å²) in [7, 11) is 1.58. The fraction of sp³-hybridized carbons (Fsp3) is 0.179. The van der Waals surface area contributed by atoms with Gasteiger partial charge in [0.1, 0.15) is 5.75 Å². The largest absolute Gasteiger partial charge is 0.496 e. The zero-order valence-electron chi connectivity index (χ0n) is 20.2. The molecule has 0 aliphatic heterocycles. The van der Waals surface area contributed by atoms with E-state index in [-0.39, 0.29) is 5.91 Å². The average Bonchev–Trinajstić information content (AvgIpc) is 3.68. The van der Waals surface area contributed by atoms with E-state index in [0.717, 1.165) is 17.0 Å². The van der Waals surface area contributed by atoms with Crippen LogP contribution in [0.5, 0.6) is 5.75 Å². The number of thiazole rings is 1. The summed E-state index contributed by atoms with van der Waals surface area (Å²) in [5.41, 5.74) is 6.15. The highest BCUT2D eigenvalue weighted by Crippen LogP contribution is 2.40. The molecule has 3 aromatic heterocycles. The molecular weight excluding hydrogens is 506 g/mol. The number of ether oxygens (including phenoxy) is 1. The quantitative estimate of drug-likeness (QED) is 0.258. The molecule has 1 aliphatic rings. The Morgan fingerprint density at radius 1 is 1.03 bits per heavy atom. The molecule has 3 heterocycles. The smallest absolute Gasteiger partial charge is 0.259 e. The number of methoxy groups -OCH3 is 1. The van der Waals surface area contributed by atoms with Crippen LogP contribution in [0.2, 0.25) is 5.02 Å². The molecule has 0 bridgehead atoms. The Labute approximate surface area is 222 Å². The SMILES string of the molecule is COc1ccc(Cl)cc1-c1cc(C)ncc1C(=O)Nc1nc2ncc(-c3ccc(C4CC4)cc3)nc2s1. The normalized spacial score (nSPS) is 13.1. The molecule has 9 heteroatoms. The number of fused-ring (bicyclic) bond motifs is 1. The monoisotopic (exact) mass is 527 g/mol. The predicted octanol–water partition coefficient (Wildman–Crippen LogP) is 6.92. The predicted molar refractivity (Wildman–Crippen MR) is 147 cm³/mol. The molecule has 0 atom stereocenters. The summed E-state index contributed by atoms with van der Waals surface area (Å²) in [6.45, 7) is 1.87. The number of hydrogen-bond donors (Lipinski definition) is 1. The summed E-state index contributed by atoms with van der Waals surface area (Å²) in [4.78, 5) is 32.0. The summed E-state index contributed by atoms with van der Waals surface area (Å²) in [6, 6.07) is 15.6. The third kappa shape index (κ3) is 4.77. The van der Waals surface area contributed by atoms with Crippen LogP contribution in [-0.4, -0.2) is 33.0 Å². The lowest BCUT2D eigenvalue weighted by molar-refractivity contribution is 0.102. The number of hydrogen-bond acceptors (Lipinski definition) is 7. The number of carbonyl (C=O) groups is 1. The molecule has 37 heavy (non-hydrogen) atoms. The molecule has 1 N–H and O–H groups in total. The Morgan fingerprint density at radius 2 is 1.84 bits per heavy atom. The van der Waals surface area contributed by atoms with E-state index in [4.69, 9.17) is 21.3 Å². The van der Waals surface area contributed by atoms with Crippen LogP contribution in [0, 0.1) is 6.92 Å². The van der Waals surface area contributed by atoms with Crippen LogP contribution >= 0.6 is 22.9 Å². The highest BCUT2D eigenvalue weighted by molar-refractivity contribution is 7.21. The van der Waals surface area contributed by atoms with Crippen molar-refractivity contribution in [2.75, 3.05) is 12.4 Å². The number of pyridine rings is 1. The number of rotatable bonds is 6. The Bertz CT molecular complexity index is 1650. The van der Waals surface area contributed by atoms with Crippen LogP contribution < -0.4 is 10.1 Å². The fourth-order valence-corrected chi connectivity index (χ4v) is 5.24. The molecule has 0 radical (unpaired) electrons. The minimum atomic E-state index is -0.348. The lowest BCUT2D eigenvalue weighted by Crippen LogP contribution is -2.14. The van der Waals surface area contributed by atoms with Crippen LogP contribution in [0.1, 0.15) is 40.4 Å². The van der Waals surface area contributed by atoms with Crippen LogP contribution in [0.25, 0.3) is 32.9 Å². The van der Waals surface area contributed by atoms with Gasteiger partial charge in [0.2, 0.25) is 0 Å². The van der Waals surface area contributed by atoms with Gasteiger partial charge in [0, 0.05) is 33.6 Å². The molecule has 1 fully saturated rings. The molecule has 7 nitrogen and oxygen atoms in total. The molecule has 6 rings (SSSR count). The summed E-state index contributed by atoms with van der Waals surface area (Å²) in [6.07, 6.45) is 5.81. The fourth-order valence-electron chi connectivity index (χ4n) is 4.28. The lowest BCUT2D eigenvalue weighted by Gasteiger charge is -2.13. The van der Waals surface area contributed by atoms with Gasteiger partial charge in [-0.1, -0.05) is 47.2 Å². The Kier molecular flexibility index (Phi) is 6.06. The van der Waals surface area contributed by atoms with E-state index in [1.165, 1.54) is 29.7 Å². The first-order valence-electron chi connectivity index (χ1n) is 11.8. The molecule has 0 saturated heterocycles. The molecule has 1 amide bonds. The second-order valence-electron chi connectivity index (χ2n) is 8.97. The second kappa shape index (κ2) is 9.53. The van der Waals surface area contributed by atoms with Crippen LogP contribution in [0.4, 0.5) is 5.13 Å². The highest BCUT2D eigenvalue weighted by Gasteiger charge is 2.23. The van der Waals surface area contributed by atoms with Crippen LogP contribution in [-0.2, 0) is 0 Å². The van der Waals surface area contributed by atoms with Crippen molar-refractivity contribution >= 4 is 44.5 Å². The van der Waals surface area contributed by atoms with Gasteiger partial charge in [-0.05, 0) is 55.5 Å². The van der Waals surface area contributed by atoms with Gasteiger partial charge in [-0.2, -0.15) is 4.98 Å². The first-order chi connectivity index (χ1) is 18.0. The zero-order valence-corrected chi connectivity index (χ0v) is 21.7. The van der Waals surface area contributed by atoms with E-state index in [9.17, 15) is 4.79 Å². The van der Waals surface area contributed by atoms with Gasteiger partial charge in [0.15, 0.2) is 15.6 Å². The number of carbonyl (C=O) groups excluding carboxylic acids is 1. The third-order valence-corrected chi connectivity index (χ3v) is 7.42. The van der Waals surface area contributed by atoms with Crippen molar-refractivity contribution < 1.29 is 9.53 Å². The number of amides is 1. The zero-order chi connectivity index (χ0) is 25.5. The van der Waals surface area contributed by atoms with Gasteiger partial charge in [0.25, 0.3) is 5.91 Å². The number of nitrogens with zero attached hydrogens (tertiary/aromatic N) is 4. The molecular formula is C28H22ClN5O2S. The van der Waals surface area contributed by atoms with Gasteiger partial charge < -0.3 is 4.74 Å². The molecule has 1 saturated carbocycles. The van der Waals surface area contributed by atoms with Crippen molar-refractivity contribution in [1.29, 1.82) is 0 Å². The summed E-state index contributed by atoms with van der Waals surface area (Å²) >= 11 is 7.54. The summed E-state index contributed by atoms with van der Waals surface area (Å²) in [5, 5.41) is 3.84. The van der Waals surface area contributed by atoms with Crippen molar-refractivity contribution in [3.63, 3.8) is 0 Å². The van der Waals surface area contributed by atoms with Crippen molar-refractivity contribution in [1.82, 2.24) is 19.9 Å². The maximum atomic E-state index is 13.4. The summed E-state index contributed by atoms with van der Waals surface area (Å²) in [5.74, 6) is 0.967. The lowest BCUT2D eigenvalue weighted by atomic mass is 9.99. The molecule has 0 spiro atoms. The van der Waals surface area contributed by atoms with E-state index in [1.807, 2.05) is 13.0 Å². The molecule has 1 aliphatic carbocycles. The average molecular weight is 528 g/mol. The van der Waals surface area contributed by atoms with Crippen LogP contribution in [0.3, 0.4) is 0 Å². The van der Waals surface area contributed by atoms with Crippen molar-refractivity contribution in [2.24, 2.45) is 0 Å². The third-order valence-electron chi connectivity index (χ3n) is 6.34. The number of benzene rings is 2. The number of nitrogens with one attached hydrogen (secondary N) is 1. The van der Waals surface area contributed by atoms with Crippen molar-refractivity contribution in [2.45, 2.75) is 25.7 Å². The van der Waals surface area contributed by atoms with Gasteiger partial charge >= 0.3 is 0 Å². The van der Waals surface area contributed by atoms with E-state index in [2.05, 4.69) is 44.5 Å². The Morgan fingerprint density at radius 3 is 2.59 bits per heavy atom. The number of anilines is 1. The van der Waals surface area contributed by atoms with Gasteiger partial charge in [-0.15, -0.1) is 0 Å². The van der Waals surface area contributed by atoms with Crippen molar-refractivity contribution in [3.05, 3.63) is 82.8 Å². The van der Waals surface area contributed by atoms with E-state index in [1.54, 1.807) is 37.7 Å². The van der Waals surface area contributed by atoms with Crippen LogP contribution in [0.15, 0.2) is 60.9 Å². The van der Waals surface area contributed by atoms with Gasteiger partial charge in [0.05, 0.1) is 24.6 Å². The molecule has 184 valence electrons. The summed E-state index contributed by atoms with van der Waals surface area (Å²) < 4.78 is 5.52.